The lowest BCUT2D eigenvalue weighted by atomic mass is 10.2. The van der Waals surface area contributed by atoms with Gasteiger partial charge in [0.05, 0.1) is 7.11 Å². The van der Waals surface area contributed by atoms with E-state index >= 15 is 0 Å². The second kappa shape index (κ2) is 6.28. The second-order valence-electron chi connectivity index (χ2n) is 4.48. The van der Waals surface area contributed by atoms with Crippen molar-refractivity contribution in [1.29, 1.82) is 0 Å². The van der Waals surface area contributed by atoms with E-state index in [4.69, 9.17) is 9.47 Å². The van der Waals surface area contributed by atoms with Crippen molar-refractivity contribution >= 4 is 5.91 Å². The summed E-state index contributed by atoms with van der Waals surface area (Å²) in [6.45, 7) is 5.70. The summed E-state index contributed by atoms with van der Waals surface area (Å²) in [5.74, 6) is 1.40. The first kappa shape index (κ1) is 14.4. The normalized spacial score (nSPS) is 12.1. The minimum atomic E-state index is -0.495. The van der Waals surface area contributed by atoms with Crippen molar-refractivity contribution in [3.05, 3.63) is 24.3 Å². The lowest BCUT2D eigenvalue weighted by Gasteiger charge is -2.25. The van der Waals surface area contributed by atoms with Crippen LogP contribution in [0.15, 0.2) is 24.3 Å². The molecule has 1 aromatic rings. The van der Waals surface area contributed by atoms with Crippen LogP contribution in [0.3, 0.4) is 0 Å². The molecule has 0 aliphatic rings. The van der Waals surface area contributed by atoms with Crippen LogP contribution < -0.4 is 9.47 Å². The lowest BCUT2D eigenvalue weighted by molar-refractivity contribution is -0.138. The zero-order valence-electron chi connectivity index (χ0n) is 11.6. The lowest BCUT2D eigenvalue weighted by Crippen LogP contribution is -2.41. The third-order valence-corrected chi connectivity index (χ3v) is 2.84. The van der Waals surface area contributed by atoms with Crippen molar-refractivity contribution in [2.24, 2.45) is 0 Å². The van der Waals surface area contributed by atoms with Gasteiger partial charge in [0.25, 0.3) is 5.91 Å². The van der Waals surface area contributed by atoms with E-state index in [-0.39, 0.29) is 11.9 Å². The maximum Gasteiger partial charge on any atom is 0.263 e. The van der Waals surface area contributed by atoms with Crippen molar-refractivity contribution in [2.75, 3.05) is 14.2 Å². The smallest absolute Gasteiger partial charge is 0.263 e. The monoisotopic (exact) mass is 251 g/mol. The summed E-state index contributed by atoms with van der Waals surface area (Å²) in [7, 11) is 3.39. The molecular formula is C14H21NO3. The molecular weight excluding hydrogens is 230 g/mol. The van der Waals surface area contributed by atoms with Gasteiger partial charge in [-0.05, 0) is 45.0 Å². The molecule has 0 fully saturated rings. The molecule has 0 saturated carbocycles. The Morgan fingerprint density at radius 1 is 1.11 bits per heavy atom. The van der Waals surface area contributed by atoms with Gasteiger partial charge in [0.1, 0.15) is 11.5 Å². The Labute approximate surface area is 108 Å². The van der Waals surface area contributed by atoms with Gasteiger partial charge in [0.2, 0.25) is 0 Å². The molecule has 4 nitrogen and oxygen atoms in total. The summed E-state index contributed by atoms with van der Waals surface area (Å²) >= 11 is 0. The molecule has 0 radical (unpaired) electrons. The number of rotatable bonds is 5. The van der Waals surface area contributed by atoms with Crippen molar-refractivity contribution < 1.29 is 14.3 Å². The summed E-state index contributed by atoms with van der Waals surface area (Å²) in [4.78, 5) is 13.7. The number of carbonyl (C=O) groups excluding carboxylic acids is 1. The number of amides is 1. The van der Waals surface area contributed by atoms with Crippen molar-refractivity contribution in [2.45, 2.75) is 32.9 Å². The summed E-state index contributed by atoms with van der Waals surface area (Å²) in [5, 5.41) is 0. The molecule has 0 bridgehead atoms. The third kappa shape index (κ3) is 3.65. The Morgan fingerprint density at radius 3 is 2.06 bits per heavy atom. The molecule has 0 aromatic heterocycles. The van der Waals surface area contributed by atoms with Crippen LogP contribution in [0, 0.1) is 0 Å². The van der Waals surface area contributed by atoms with E-state index in [1.54, 1.807) is 50.2 Å². The van der Waals surface area contributed by atoms with Crippen molar-refractivity contribution in [1.82, 2.24) is 4.90 Å². The van der Waals surface area contributed by atoms with E-state index in [9.17, 15) is 4.79 Å². The van der Waals surface area contributed by atoms with E-state index in [0.29, 0.717) is 5.75 Å². The molecule has 1 rings (SSSR count). The second-order valence-corrected chi connectivity index (χ2v) is 4.48. The van der Waals surface area contributed by atoms with Crippen LogP contribution in [0.25, 0.3) is 0 Å². The Bertz CT molecular complexity index is 387. The van der Waals surface area contributed by atoms with Crippen LogP contribution in [0.1, 0.15) is 20.8 Å². The Balaban J connectivity index is 2.63. The molecule has 1 amide bonds. The summed E-state index contributed by atoms with van der Waals surface area (Å²) in [6, 6.07) is 7.35. The molecule has 1 atom stereocenters. The molecule has 0 aliphatic carbocycles. The first-order chi connectivity index (χ1) is 8.45. The average Bonchev–Trinajstić information content (AvgIpc) is 2.37. The summed E-state index contributed by atoms with van der Waals surface area (Å²) in [6.07, 6.45) is -0.495. The van der Waals surface area contributed by atoms with Crippen LogP contribution in [-0.4, -0.2) is 37.1 Å². The molecule has 1 unspecified atom stereocenters. The number of hydrogen-bond donors (Lipinski definition) is 0. The number of likely N-dealkylation sites (N-methyl/N-ethyl adjacent to an activating group) is 1. The minimum absolute atomic E-state index is 0.0270. The fourth-order valence-electron chi connectivity index (χ4n) is 1.45. The molecule has 0 N–H and O–H groups in total. The quantitative estimate of drug-likeness (QED) is 0.806. The highest BCUT2D eigenvalue weighted by Gasteiger charge is 2.20. The van der Waals surface area contributed by atoms with E-state index in [1.807, 2.05) is 13.8 Å². The fraction of sp³-hybridized carbons (Fsp3) is 0.500. The van der Waals surface area contributed by atoms with E-state index in [2.05, 4.69) is 0 Å². The number of hydrogen-bond acceptors (Lipinski definition) is 3. The maximum absolute atomic E-state index is 12.0. The predicted molar refractivity (Wildman–Crippen MR) is 71.0 cm³/mol. The van der Waals surface area contributed by atoms with Crippen LogP contribution >= 0.6 is 0 Å². The van der Waals surface area contributed by atoms with Gasteiger partial charge in [-0.2, -0.15) is 0 Å². The summed E-state index contributed by atoms with van der Waals surface area (Å²) < 4.78 is 10.7. The van der Waals surface area contributed by atoms with Crippen molar-refractivity contribution in [3.8, 4) is 11.5 Å². The average molecular weight is 251 g/mol. The van der Waals surface area contributed by atoms with E-state index in [0.717, 1.165) is 5.75 Å². The van der Waals surface area contributed by atoms with Crippen molar-refractivity contribution in [3.63, 3.8) is 0 Å². The number of benzene rings is 1. The predicted octanol–water partition coefficient (Wildman–Crippen LogP) is 2.33. The molecule has 0 heterocycles. The molecule has 100 valence electrons. The Morgan fingerprint density at radius 2 is 1.61 bits per heavy atom. The molecule has 0 aliphatic heterocycles. The van der Waals surface area contributed by atoms with Gasteiger partial charge in [-0.1, -0.05) is 0 Å². The number of methoxy groups -OCH3 is 1. The highest BCUT2D eigenvalue weighted by Crippen LogP contribution is 2.18. The van der Waals surface area contributed by atoms with Gasteiger partial charge in [0.15, 0.2) is 6.10 Å². The molecule has 0 saturated heterocycles. The highest BCUT2D eigenvalue weighted by atomic mass is 16.5. The zero-order valence-corrected chi connectivity index (χ0v) is 11.6. The van der Waals surface area contributed by atoms with Gasteiger partial charge in [0, 0.05) is 13.1 Å². The minimum Gasteiger partial charge on any atom is -0.497 e. The third-order valence-electron chi connectivity index (χ3n) is 2.84. The van der Waals surface area contributed by atoms with Gasteiger partial charge in [-0.25, -0.2) is 0 Å². The maximum atomic E-state index is 12.0. The SMILES string of the molecule is COc1ccc(OC(C)C(=O)N(C)C(C)C)cc1. The zero-order chi connectivity index (χ0) is 13.7. The molecule has 4 heteroatoms. The first-order valence-corrected chi connectivity index (χ1v) is 6.03. The first-order valence-electron chi connectivity index (χ1n) is 6.03. The van der Waals surface area contributed by atoms with Gasteiger partial charge in [-0.3, -0.25) is 4.79 Å². The van der Waals surface area contributed by atoms with Crippen LogP contribution in [0.5, 0.6) is 11.5 Å². The number of ether oxygens (including phenoxy) is 2. The largest absolute Gasteiger partial charge is 0.497 e. The Kier molecular flexibility index (Phi) is 5.01. The fourth-order valence-corrected chi connectivity index (χ4v) is 1.45. The molecule has 0 spiro atoms. The number of nitrogens with zero attached hydrogens (tertiary/aromatic N) is 1. The molecule has 1 aromatic carbocycles. The standard InChI is InChI=1S/C14H21NO3/c1-10(2)15(4)14(16)11(3)18-13-8-6-12(17-5)7-9-13/h6-11H,1-5H3. The van der Waals surface area contributed by atoms with Gasteiger partial charge in [-0.15, -0.1) is 0 Å². The van der Waals surface area contributed by atoms with Gasteiger partial charge >= 0.3 is 0 Å². The van der Waals surface area contributed by atoms with Crippen LogP contribution in [0.4, 0.5) is 0 Å². The van der Waals surface area contributed by atoms with E-state index < -0.39 is 6.10 Å². The van der Waals surface area contributed by atoms with E-state index in [1.165, 1.54) is 0 Å². The highest BCUT2D eigenvalue weighted by molar-refractivity contribution is 5.80. The Hall–Kier alpha value is -1.71. The van der Waals surface area contributed by atoms with Crippen LogP contribution in [0.2, 0.25) is 0 Å². The summed E-state index contributed by atoms with van der Waals surface area (Å²) in [5.41, 5.74) is 0. The van der Waals surface area contributed by atoms with Gasteiger partial charge < -0.3 is 14.4 Å². The number of carbonyl (C=O) groups is 1. The molecule has 18 heavy (non-hydrogen) atoms. The van der Waals surface area contributed by atoms with Crippen LogP contribution in [-0.2, 0) is 4.79 Å². The topological polar surface area (TPSA) is 38.8 Å².